The molecule has 0 aromatic heterocycles. The summed E-state index contributed by atoms with van der Waals surface area (Å²) in [6.07, 6.45) is 0. The third-order valence-electron chi connectivity index (χ3n) is 4.52. The third-order valence-corrected chi connectivity index (χ3v) is 6.32. The number of rotatable bonds is 5. The number of carbonyl (C=O) groups excluding carboxylic acids is 1. The molecule has 30 heavy (non-hydrogen) atoms. The van der Waals surface area contributed by atoms with Gasteiger partial charge in [-0.05, 0) is 67.9 Å². The van der Waals surface area contributed by atoms with Crippen LogP contribution in [0.5, 0.6) is 11.5 Å². The van der Waals surface area contributed by atoms with Gasteiger partial charge in [-0.25, -0.2) is 13.2 Å². The number of ether oxygens (including phenoxy) is 1. The summed E-state index contributed by atoms with van der Waals surface area (Å²) in [5, 5.41) is 15.6. The fraction of sp³-hybridized carbons (Fsp3) is 0.136. The zero-order chi connectivity index (χ0) is 21.9. The number of methoxy groups -OCH3 is 1. The van der Waals surface area contributed by atoms with Crippen LogP contribution in [0.4, 0.5) is 16.2 Å². The molecule has 0 saturated carbocycles. The normalized spacial score (nSPS) is 11.0. The van der Waals surface area contributed by atoms with Gasteiger partial charge >= 0.3 is 6.03 Å². The van der Waals surface area contributed by atoms with Crippen LogP contribution >= 0.6 is 0 Å². The molecule has 3 aromatic carbocycles. The van der Waals surface area contributed by atoms with Crippen LogP contribution in [0.1, 0.15) is 11.1 Å². The van der Waals surface area contributed by atoms with E-state index >= 15 is 0 Å². The Morgan fingerprint density at radius 1 is 0.933 bits per heavy atom. The third kappa shape index (κ3) is 4.55. The lowest BCUT2D eigenvalue weighted by molar-refractivity contribution is 0.262. The van der Waals surface area contributed by atoms with Gasteiger partial charge in [0, 0.05) is 11.4 Å². The summed E-state index contributed by atoms with van der Waals surface area (Å²) in [6, 6.07) is 15.1. The van der Waals surface area contributed by atoms with Gasteiger partial charge in [0.25, 0.3) is 0 Å². The second kappa shape index (κ2) is 8.46. The van der Waals surface area contributed by atoms with Crippen molar-refractivity contribution in [3.05, 3.63) is 71.8 Å². The molecule has 0 bridgehead atoms. The van der Waals surface area contributed by atoms with Crippen LogP contribution in [0.3, 0.4) is 0 Å². The van der Waals surface area contributed by atoms with Gasteiger partial charge in [-0.1, -0.05) is 17.7 Å². The highest BCUT2D eigenvalue weighted by Crippen LogP contribution is 2.34. The Kier molecular flexibility index (Phi) is 5.98. The minimum Gasteiger partial charge on any atom is -0.507 e. The van der Waals surface area contributed by atoms with Gasteiger partial charge in [-0.15, -0.1) is 0 Å². The van der Waals surface area contributed by atoms with E-state index in [9.17, 15) is 18.3 Å². The highest BCUT2D eigenvalue weighted by molar-refractivity contribution is 7.91. The van der Waals surface area contributed by atoms with Crippen LogP contribution < -0.4 is 15.4 Å². The van der Waals surface area contributed by atoms with E-state index in [1.165, 1.54) is 43.5 Å². The Morgan fingerprint density at radius 2 is 1.57 bits per heavy atom. The first kappa shape index (κ1) is 21.2. The van der Waals surface area contributed by atoms with Gasteiger partial charge in [0.15, 0.2) is 0 Å². The van der Waals surface area contributed by atoms with Crippen molar-refractivity contribution in [1.29, 1.82) is 0 Å². The molecule has 0 aliphatic heterocycles. The Bertz CT molecular complexity index is 1170. The number of urea groups is 1. The van der Waals surface area contributed by atoms with Gasteiger partial charge in [-0.2, -0.15) is 0 Å². The lowest BCUT2D eigenvalue weighted by atomic mass is 10.2. The summed E-state index contributed by atoms with van der Waals surface area (Å²) in [6.45, 7) is 3.60. The lowest BCUT2D eigenvalue weighted by Crippen LogP contribution is -2.20. The maximum atomic E-state index is 13.0. The summed E-state index contributed by atoms with van der Waals surface area (Å²) in [5.41, 5.74) is 2.44. The summed E-state index contributed by atoms with van der Waals surface area (Å²) in [5.74, 6) is 0.116. The van der Waals surface area contributed by atoms with Crippen LogP contribution in [0.25, 0.3) is 0 Å². The molecule has 7 nitrogen and oxygen atoms in total. The summed E-state index contributed by atoms with van der Waals surface area (Å²) in [7, 11) is -2.53. The molecule has 156 valence electrons. The molecule has 0 atom stereocenters. The van der Waals surface area contributed by atoms with Gasteiger partial charge in [0.05, 0.1) is 12.0 Å². The molecule has 2 amide bonds. The quantitative estimate of drug-likeness (QED) is 0.521. The second-order valence-corrected chi connectivity index (χ2v) is 8.68. The van der Waals surface area contributed by atoms with E-state index in [-0.39, 0.29) is 15.5 Å². The zero-order valence-corrected chi connectivity index (χ0v) is 17.6. The molecular formula is C22H22N2O5S. The minimum absolute atomic E-state index is 0.00231. The number of sulfone groups is 1. The highest BCUT2D eigenvalue weighted by atomic mass is 32.2. The molecule has 3 aromatic rings. The highest BCUT2D eigenvalue weighted by Gasteiger charge is 2.23. The fourth-order valence-corrected chi connectivity index (χ4v) is 4.18. The van der Waals surface area contributed by atoms with Crippen molar-refractivity contribution in [2.45, 2.75) is 23.6 Å². The zero-order valence-electron chi connectivity index (χ0n) is 16.8. The molecule has 0 heterocycles. The maximum Gasteiger partial charge on any atom is 0.323 e. The van der Waals surface area contributed by atoms with Gasteiger partial charge in [0.2, 0.25) is 9.84 Å². The molecule has 8 heteroatoms. The summed E-state index contributed by atoms with van der Waals surface area (Å²) < 4.78 is 31.0. The van der Waals surface area contributed by atoms with Crippen molar-refractivity contribution >= 4 is 27.2 Å². The number of nitrogens with one attached hydrogen (secondary N) is 2. The van der Waals surface area contributed by atoms with Crippen LogP contribution in [0.15, 0.2) is 70.5 Å². The van der Waals surface area contributed by atoms with Crippen LogP contribution in [-0.2, 0) is 9.84 Å². The van der Waals surface area contributed by atoms with Crippen molar-refractivity contribution in [2.75, 3.05) is 17.7 Å². The standard InChI is InChI=1S/C22H22N2O5S/c1-14-4-6-16(7-5-14)23-22(26)24-19-13-21(20(25)12-15(19)2)30(27,28)18-10-8-17(29-3)9-11-18/h4-13,25H,1-3H3,(H2,23,24,26). The smallest absolute Gasteiger partial charge is 0.323 e. The molecule has 3 rings (SSSR count). The molecular weight excluding hydrogens is 404 g/mol. The van der Waals surface area contributed by atoms with E-state index in [0.717, 1.165) is 5.56 Å². The van der Waals surface area contributed by atoms with Crippen LogP contribution in [0.2, 0.25) is 0 Å². The number of anilines is 2. The predicted octanol–water partition coefficient (Wildman–Crippen LogP) is 4.49. The molecule has 0 fully saturated rings. The van der Waals surface area contributed by atoms with Crippen molar-refractivity contribution in [2.24, 2.45) is 0 Å². The van der Waals surface area contributed by atoms with E-state index < -0.39 is 21.6 Å². The number of aryl methyl sites for hydroxylation is 2. The van der Waals surface area contributed by atoms with Gasteiger partial charge < -0.3 is 20.5 Å². The van der Waals surface area contributed by atoms with Crippen molar-refractivity contribution in [3.63, 3.8) is 0 Å². The van der Waals surface area contributed by atoms with Crippen LogP contribution in [-0.4, -0.2) is 26.7 Å². The first-order valence-electron chi connectivity index (χ1n) is 9.08. The summed E-state index contributed by atoms with van der Waals surface area (Å²) in [4.78, 5) is 12.1. The van der Waals surface area contributed by atoms with E-state index in [2.05, 4.69) is 10.6 Å². The van der Waals surface area contributed by atoms with E-state index in [0.29, 0.717) is 17.0 Å². The number of carbonyl (C=O) groups is 1. The monoisotopic (exact) mass is 426 g/mol. The molecule has 0 aliphatic rings. The van der Waals surface area contributed by atoms with Gasteiger partial charge in [-0.3, -0.25) is 0 Å². The number of amides is 2. The SMILES string of the molecule is COc1ccc(S(=O)(=O)c2cc(NC(=O)Nc3ccc(C)cc3)c(C)cc2O)cc1. The number of benzene rings is 3. The Morgan fingerprint density at radius 3 is 2.17 bits per heavy atom. The number of hydrogen-bond acceptors (Lipinski definition) is 5. The average molecular weight is 426 g/mol. The Labute approximate surface area is 175 Å². The summed E-state index contributed by atoms with van der Waals surface area (Å²) >= 11 is 0. The average Bonchev–Trinajstić information content (AvgIpc) is 2.71. The fourth-order valence-electron chi connectivity index (χ4n) is 2.83. The molecule has 0 saturated heterocycles. The van der Waals surface area contributed by atoms with Crippen molar-refractivity contribution in [1.82, 2.24) is 0 Å². The largest absolute Gasteiger partial charge is 0.507 e. The number of phenolic OH excluding ortho intramolecular Hbond substituents is 1. The van der Waals surface area contributed by atoms with Crippen molar-refractivity contribution in [3.8, 4) is 11.5 Å². The molecule has 3 N–H and O–H groups in total. The van der Waals surface area contributed by atoms with Gasteiger partial charge in [0.1, 0.15) is 16.4 Å². The molecule has 0 unspecified atom stereocenters. The van der Waals surface area contributed by atoms with Crippen LogP contribution in [0, 0.1) is 13.8 Å². The van der Waals surface area contributed by atoms with Crippen molar-refractivity contribution < 1.29 is 23.1 Å². The topological polar surface area (TPSA) is 105 Å². The predicted molar refractivity (Wildman–Crippen MR) is 115 cm³/mol. The number of phenols is 1. The second-order valence-electron chi connectivity index (χ2n) is 6.76. The lowest BCUT2D eigenvalue weighted by Gasteiger charge is -2.14. The van der Waals surface area contributed by atoms with E-state index in [4.69, 9.17) is 4.74 Å². The number of hydrogen-bond donors (Lipinski definition) is 3. The van der Waals surface area contributed by atoms with E-state index in [1.807, 2.05) is 19.1 Å². The molecule has 0 aliphatic carbocycles. The maximum absolute atomic E-state index is 13.0. The Balaban J connectivity index is 1.89. The Hall–Kier alpha value is -3.52. The van der Waals surface area contributed by atoms with E-state index in [1.54, 1.807) is 19.1 Å². The first-order valence-corrected chi connectivity index (χ1v) is 10.6. The molecule has 0 radical (unpaired) electrons. The first-order chi connectivity index (χ1) is 14.2. The number of aromatic hydroxyl groups is 1. The molecule has 0 spiro atoms. The minimum atomic E-state index is -4.01.